The number of hydrogen-bond donors (Lipinski definition) is 1. The van der Waals surface area contributed by atoms with E-state index in [4.69, 9.17) is 10.5 Å². The minimum atomic E-state index is -1.06. The summed E-state index contributed by atoms with van der Waals surface area (Å²) in [6.07, 6.45) is 3.12. The summed E-state index contributed by atoms with van der Waals surface area (Å²) >= 11 is 0. The van der Waals surface area contributed by atoms with Gasteiger partial charge in [-0.15, -0.1) is 0 Å². The molecule has 7 heteroatoms. The normalized spacial score (nSPS) is 22.6. The molecule has 1 fully saturated rings. The Bertz CT molecular complexity index is 487. The second-order valence-electron chi connectivity index (χ2n) is 4.93. The zero-order chi connectivity index (χ0) is 14.7. The lowest BCUT2D eigenvalue weighted by Gasteiger charge is -2.31. The fourth-order valence-electron chi connectivity index (χ4n) is 2.51. The molecule has 1 aromatic rings. The van der Waals surface area contributed by atoms with Gasteiger partial charge in [0.25, 0.3) is 5.69 Å². The van der Waals surface area contributed by atoms with Crippen LogP contribution >= 0.6 is 0 Å². The Morgan fingerprint density at radius 1 is 1.30 bits per heavy atom. The van der Waals surface area contributed by atoms with Crippen molar-refractivity contribution in [2.24, 2.45) is 11.7 Å². The standard InChI is InChI=1S/C13H16F2N2O3/c14-10-5-9(17(18)19)6-11(15)13(10)20-12-4-2-1-3-8(12)7-16/h5-6,8,12H,1-4,7,16H2. The van der Waals surface area contributed by atoms with Gasteiger partial charge in [0.2, 0.25) is 0 Å². The van der Waals surface area contributed by atoms with E-state index in [0.29, 0.717) is 25.1 Å². The zero-order valence-electron chi connectivity index (χ0n) is 10.9. The van der Waals surface area contributed by atoms with Gasteiger partial charge in [0.1, 0.15) is 6.10 Å². The van der Waals surface area contributed by atoms with E-state index in [1.54, 1.807) is 0 Å². The van der Waals surface area contributed by atoms with Crippen LogP contribution in [0.1, 0.15) is 25.7 Å². The van der Waals surface area contributed by atoms with Crippen molar-refractivity contribution >= 4 is 5.69 Å². The summed E-state index contributed by atoms with van der Waals surface area (Å²) in [6.45, 7) is 0.390. The van der Waals surface area contributed by atoms with Crippen LogP contribution in [0.2, 0.25) is 0 Å². The van der Waals surface area contributed by atoms with Crippen molar-refractivity contribution in [2.45, 2.75) is 31.8 Å². The average molecular weight is 286 g/mol. The maximum absolute atomic E-state index is 13.8. The first-order valence-electron chi connectivity index (χ1n) is 6.53. The van der Waals surface area contributed by atoms with E-state index >= 15 is 0 Å². The summed E-state index contributed by atoms with van der Waals surface area (Å²) in [6, 6.07) is 1.33. The molecule has 2 unspecified atom stereocenters. The number of nitrogens with zero attached hydrogens (tertiary/aromatic N) is 1. The molecule has 0 aromatic heterocycles. The molecular weight excluding hydrogens is 270 g/mol. The molecule has 0 bridgehead atoms. The summed E-state index contributed by atoms with van der Waals surface area (Å²) < 4.78 is 32.9. The Balaban J connectivity index is 2.22. The van der Waals surface area contributed by atoms with Crippen molar-refractivity contribution in [1.82, 2.24) is 0 Å². The molecule has 110 valence electrons. The fourth-order valence-corrected chi connectivity index (χ4v) is 2.51. The lowest BCUT2D eigenvalue weighted by molar-refractivity contribution is -0.385. The first-order chi connectivity index (χ1) is 9.52. The van der Waals surface area contributed by atoms with Gasteiger partial charge in [-0.2, -0.15) is 0 Å². The van der Waals surface area contributed by atoms with Gasteiger partial charge in [0.15, 0.2) is 17.4 Å². The maximum Gasteiger partial charge on any atom is 0.275 e. The highest BCUT2D eigenvalue weighted by atomic mass is 19.1. The van der Waals surface area contributed by atoms with Gasteiger partial charge in [-0.3, -0.25) is 10.1 Å². The number of nitro groups is 1. The third-order valence-corrected chi connectivity index (χ3v) is 3.61. The third kappa shape index (κ3) is 3.04. The Kier molecular flexibility index (Phi) is 4.49. The molecule has 1 saturated carbocycles. The molecule has 2 N–H and O–H groups in total. The second kappa shape index (κ2) is 6.13. The summed E-state index contributed by atoms with van der Waals surface area (Å²) in [5, 5.41) is 10.5. The number of hydrogen-bond acceptors (Lipinski definition) is 4. The molecule has 20 heavy (non-hydrogen) atoms. The van der Waals surface area contributed by atoms with Gasteiger partial charge in [0.05, 0.1) is 17.1 Å². The molecule has 0 radical (unpaired) electrons. The third-order valence-electron chi connectivity index (χ3n) is 3.61. The van der Waals surface area contributed by atoms with Crippen LogP contribution in [0.5, 0.6) is 5.75 Å². The van der Waals surface area contributed by atoms with E-state index in [1.165, 1.54) is 0 Å². The van der Waals surface area contributed by atoms with Crippen LogP contribution in [-0.2, 0) is 0 Å². The lowest BCUT2D eigenvalue weighted by Crippen LogP contribution is -2.35. The number of nitrogens with two attached hydrogens (primary N) is 1. The van der Waals surface area contributed by atoms with Crippen molar-refractivity contribution in [3.63, 3.8) is 0 Å². The van der Waals surface area contributed by atoms with Gasteiger partial charge >= 0.3 is 0 Å². The summed E-state index contributed by atoms with van der Waals surface area (Å²) in [5.74, 6) is -2.62. The Morgan fingerprint density at radius 3 is 2.45 bits per heavy atom. The minimum absolute atomic E-state index is 0.0535. The van der Waals surface area contributed by atoms with E-state index in [2.05, 4.69) is 0 Å². The van der Waals surface area contributed by atoms with E-state index in [9.17, 15) is 18.9 Å². The molecule has 1 aromatic carbocycles. The molecule has 0 amide bonds. The Morgan fingerprint density at radius 2 is 1.90 bits per heavy atom. The molecule has 5 nitrogen and oxygen atoms in total. The summed E-state index contributed by atoms with van der Waals surface area (Å²) in [4.78, 5) is 9.67. The van der Waals surface area contributed by atoms with Crippen LogP contribution < -0.4 is 10.5 Å². The van der Waals surface area contributed by atoms with Crippen LogP contribution in [-0.4, -0.2) is 17.6 Å². The minimum Gasteiger partial charge on any atom is -0.484 e. The van der Waals surface area contributed by atoms with Crippen LogP contribution in [0, 0.1) is 27.7 Å². The van der Waals surface area contributed by atoms with Crippen LogP contribution in [0.15, 0.2) is 12.1 Å². The summed E-state index contributed by atoms with van der Waals surface area (Å²) in [5.41, 5.74) is 5.00. The predicted molar refractivity (Wildman–Crippen MR) is 68.4 cm³/mol. The number of benzene rings is 1. The highest BCUT2D eigenvalue weighted by Crippen LogP contribution is 2.32. The van der Waals surface area contributed by atoms with Crippen LogP contribution in [0.4, 0.5) is 14.5 Å². The smallest absolute Gasteiger partial charge is 0.275 e. The van der Waals surface area contributed by atoms with Crippen LogP contribution in [0.3, 0.4) is 0 Å². The van der Waals surface area contributed by atoms with Gasteiger partial charge in [-0.1, -0.05) is 6.42 Å². The highest BCUT2D eigenvalue weighted by Gasteiger charge is 2.28. The van der Waals surface area contributed by atoms with E-state index < -0.39 is 28.0 Å². The van der Waals surface area contributed by atoms with Crippen molar-refractivity contribution in [2.75, 3.05) is 6.54 Å². The quantitative estimate of drug-likeness (QED) is 0.682. The molecule has 1 aliphatic carbocycles. The monoisotopic (exact) mass is 286 g/mol. The fraction of sp³-hybridized carbons (Fsp3) is 0.538. The number of rotatable bonds is 4. The molecule has 0 saturated heterocycles. The van der Waals surface area contributed by atoms with Gasteiger partial charge in [-0.25, -0.2) is 8.78 Å². The molecule has 2 rings (SSSR count). The van der Waals surface area contributed by atoms with Gasteiger partial charge in [-0.05, 0) is 25.8 Å². The van der Waals surface area contributed by atoms with E-state index in [0.717, 1.165) is 19.3 Å². The summed E-state index contributed by atoms with van der Waals surface area (Å²) in [7, 11) is 0. The van der Waals surface area contributed by atoms with Crippen molar-refractivity contribution in [3.8, 4) is 5.75 Å². The molecule has 0 spiro atoms. The first kappa shape index (κ1) is 14.6. The lowest BCUT2D eigenvalue weighted by atomic mass is 9.86. The first-order valence-corrected chi connectivity index (χ1v) is 6.53. The van der Waals surface area contributed by atoms with E-state index in [1.807, 2.05) is 0 Å². The van der Waals surface area contributed by atoms with Gasteiger partial charge in [0, 0.05) is 5.92 Å². The van der Waals surface area contributed by atoms with Crippen molar-refractivity contribution < 1.29 is 18.4 Å². The SMILES string of the molecule is NCC1CCCCC1Oc1c(F)cc([N+](=O)[O-])cc1F. The Labute approximate surface area is 114 Å². The molecule has 2 atom stereocenters. The topological polar surface area (TPSA) is 78.4 Å². The van der Waals surface area contributed by atoms with Crippen molar-refractivity contribution in [1.29, 1.82) is 0 Å². The average Bonchev–Trinajstić information content (AvgIpc) is 2.42. The molecular formula is C13H16F2N2O3. The number of nitro benzene ring substituents is 1. The largest absolute Gasteiger partial charge is 0.484 e. The second-order valence-corrected chi connectivity index (χ2v) is 4.93. The Hall–Kier alpha value is -1.76. The zero-order valence-corrected chi connectivity index (χ0v) is 10.9. The molecule has 0 aliphatic heterocycles. The van der Waals surface area contributed by atoms with Crippen LogP contribution in [0.25, 0.3) is 0 Å². The highest BCUT2D eigenvalue weighted by molar-refractivity contribution is 5.39. The molecule has 0 heterocycles. The number of ether oxygens (including phenoxy) is 1. The maximum atomic E-state index is 13.8. The van der Waals surface area contributed by atoms with Crippen molar-refractivity contribution in [3.05, 3.63) is 33.9 Å². The predicted octanol–water partition coefficient (Wildman–Crippen LogP) is 2.77. The van der Waals surface area contributed by atoms with E-state index in [-0.39, 0.29) is 12.0 Å². The number of halogens is 2. The number of non-ortho nitro benzene ring substituents is 1. The van der Waals surface area contributed by atoms with Gasteiger partial charge < -0.3 is 10.5 Å². The molecule has 1 aliphatic rings.